The van der Waals surface area contributed by atoms with Crippen LogP contribution < -0.4 is 5.32 Å². The van der Waals surface area contributed by atoms with E-state index in [0.717, 1.165) is 28.5 Å². The second kappa shape index (κ2) is 6.19. The van der Waals surface area contributed by atoms with Crippen molar-refractivity contribution in [2.75, 3.05) is 6.54 Å². The van der Waals surface area contributed by atoms with E-state index >= 15 is 0 Å². The zero-order chi connectivity index (χ0) is 12.1. The molecule has 0 saturated carbocycles. The Kier molecular flexibility index (Phi) is 4.59. The fourth-order valence-electron chi connectivity index (χ4n) is 1.98. The average molecular weight is 341 g/mol. The van der Waals surface area contributed by atoms with Crippen LogP contribution in [0.3, 0.4) is 0 Å². The number of amides is 1. The summed E-state index contributed by atoms with van der Waals surface area (Å²) in [6.07, 6.45) is 7.85. The summed E-state index contributed by atoms with van der Waals surface area (Å²) in [6.45, 7) is 0.787. The Morgan fingerprint density at radius 2 is 2.06 bits per heavy atom. The minimum atomic E-state index is 0.0379. The van der Waals surface area contributed by atoms with Crippen LogP contribution >= 0.6 is 22.6 Å². The molecule has 0 heterocycles. The molecule has 17 heavy (non-hydrogen) atoms. The molecule has 0 aliphatic heterocycles. The van der Waals surface area contributed by atoms with E-state index in [2.05, 4.69) is 40.1 Å². The molecule has 1 aliphatic carbocycles. The second-order valence-electron chi connectivity index (χ2n) is 4.37. The highest BCUT2D eigenvalue weighted by Gasteiger charge is 2.11. The first-order valence-corrected chi connectivity index (χ1v) is 7.02. The maximum Gasteiger partial charge on any atom is 0.251 e. The van der Waals surface area contributed by atoms with Gasteiger partial charge in [0.2, 0.25) is 0 Å². The SMILES string of the molecule is O=C(NCC1CC=CCC1)c1ccc(I)cc1. The lowest BCUT2D eigenvalue weighted by Gasteiger charge is -2.18. The normalized spacial score (nSPS) is 19.0. The zero-order valence-corrected chi connectivity index (χ0v) is 11.8. The lowest BCUT2D eigenvalue weighted by molar-refractivity contribution is 0.0946. The van der Waals surface area contributed by atoms with Crippen LogP contribution in [0.25, 0.3) is 0 Å². The van der Waals surface area contributed by atoms with E-state index in [1.165, 1.54) is 6.42 Å². The van der Waals surface area contributed by atoms with Crippen molar-refractivity contribution in [1.82, 2.24) is 5.32 Å². The second-order valence-corrected chi connectivity index (χ2v) is 5.61. The summed E-state index contributed by atoms with van der Waals surface area (Å²) in [6, 6.07) is 7.66. The van der Waals surface area contributed by atoms with Gasteiger partial charge in [-0.05, 0) is 72.0 Å². The maximum atomic E-state index is 11.9. The molecule has 3 heteroatoms. The first-order chi connectivity index (χ1) is 8.25. The highest BCUT2D eigenvalue weighted by Crippen LogP contribution is 2.17. The van der Waals surface area contributed by atoms with Crippen LogP contribution in [0.15, 0.2) is 36.4 Å². The minimum Gasteiger partial charge on any atom is -0.352 e. The van der Waals surface area contributed by atoms with Crippen LogP contribution in [0.1, 0.15) is 29.6 Å². The van der Waals surface area contributed by atoms with Gasteiger partial charge in [0.25, 0.3) is 5.91 Å². The third-order valence-electron chi connectivity index (χ3n) is 3.04. The average Bonchev–Trinajstić information content (AvgIpc) is 2.38. The fourth-order valence-corrected chi connectivity index (χ4v) is 2.34. The van der Waals surface area contributed by atoms with Gasteiger partial charge in [0.1, 0.15) is 0 Å². The quantitative estimate of drug-likeness (QED) is 0.663. The number of allylic oxidation sites excluding steroid dienone is 2. The van der Waals surface area contributed by atoms with E-state index in [-0.39, 0.29) is 5.91 Å². The lowest BCUT2D eigenvalue weighted by Crippen LogP contribution is -2.29. The van der Waals surface area contributed by atoms with Gasteiger partial charge in [-0.3, -0.25) is 4.79 Å². The number of hydrogen-bond acceptors (Lipinski definition) is 1. The summed E-state index contributed by atoms with van der Waals surface area (Å²) in [5, 5.41) is 3.01. The van der Waals surface area contributed by atoms with Crippen molar-refractivity contribution in [2.24, 2.45) is 5.92 Å². The molecule has 1 aromatic rings. The van der Waals surface area contributed by atoms with Crippen molar-refractivity contribution in [2.45, 2.75) is 19.3 Å². The van der Waals surface area contributed by atoms with Gasteiger partial charge in [-0.15, -0.1) is 0 Å². The topological polar surface area (TPSA) is 29.1 Å². The predicted molar refractivity (Wildman–Crippen MR) is 78.0 cm³/mol. The first-order valence-electron chi connectivity index (χ1n) is 5.94. The molecule has 1 atom stereocenters. The van der Waals surface area contributed by atoms with Crippen molar-refractivity contribution in [1.29, 1.82) is 0 Å². The molecular weight excluding hydrogens is 325 g/mol. The Balaban J connectivity index is 1.84. The monoisotopic (exact) mass is 341 g/mol. The van der Waals surface area contributed by atoms with E-state index < -0.39 is 0 Å². The number of carbonyl (C=O) groups is 1. The van der Waals surface area contributed by atoms with Crippen molar-refractivity contribution in [3.8, 4) is 0 Å². The highest BCUT2D eigenvalue weighted by molar-refractivity contribution is 14.1. The van der Waals surface area contributed by atoms with Gasteiger partial charge in [-0.2, -0.15) is 0 Å². The molecule has 1 aromatic carbocycles. The summed E-state index contributed by atoms with van der Waals surface area (Å²) in [4.78, 5) is 11.9. The van der Waals surface area contributed by atoms with E-state index in [1.807, 2.05) is 24.3 Å². The van der Waals surface area contributed by atoms with Crippen molar-refractivity contribution in [3.05, 3.63) is 45.6 Å². The molecule has 0 saturated heterocycles. The molecule has 90 valence electrons. The summed E-state index contributed by atoms with van der Waals surface area (Å²) in [5.74, 6) is 0.642. The predicted octanol–water partition coefficient (Wildman–Crippen LogP) is 3.38. The molecular formula is C14H16INO. The highest BCUT2D eigenvalue weighted by atomic mass is 127. The Labute approximate surface area is 116 Å². The third kappa shape index (κ3) is 3.84. The molecule has 2 nitrogen and oxygen atoms in total. The van der Waals surface area contributed by atoms with E-state index in [9.17, 15) is 4.79 Å². The van der Waals surface area contributed by atoms with Crippen LogP contribution in [-0.2, 0) is 0 Å². The van der Waals surface area contributed by atoms with Crippen LogP contribution in [0.2, 0.25) is 0 Å². The summed E-state index contributed by atoms with van der Waals surface area (Å²) < 4.78 is 1.15. The molecule has 1 amide bonds. The molecule has 0 bridgehead atoms. The Bertz CT molecular complexity index is 411. The summed E-state index contributed by atoms with van der Waals surface area (Å²) >= 11 is 2.24. The molecule has 1 N–H and O–H groups in total. The number of nitrogens with one attached hydrogen (secondary N) is 1. The van der Waals surface area contributed by atoms with Gasteiger partial charge in [0.15, 0.2) is 0 Å². The lowest BCUT2D eigenvalue weighted by atomic mass is 9.94. The van der Waals surface area contributed by atoms with Crippen LogP contribution in [-0.4, -0.2) is 12.5 Å². The van der Waals surface area contributed by atoms with Gasteiger partial charge in [0.05, 0.1) is 0 Å². The van der Waals surface area contributed by atoms with E-state index in [4.69, 9.17) is 0 Å². The van der Waals surface area contributed by atoms with Gasteiger partial charge >= 0.3 is 0 Å². The van der Waals surface area contributed by atoms with Gasteiger partial charge < -0.3 is 5.32 Å². The smallest absolute Gasteiger partial charge is 0.251 e. The number of hydrogen-bond donors (Lipinski definition) is 1. The first kappa shape index (κ1) is 12.6. The largest absolute Gasteiger partial charge is 0.352 e. The molecule has 1 aliphatic rings. The Morgan fingerprint density at radius 3 is 2.71 bits per heavy atom. The maximum absolute atomic E-state index is 11.9. The van der Waals surface area contributed by atoms with Crippen molar-refractivity contribution >= 4 is 28.5 Å². The van der Waals surface area contributed by atoms with Gasteiger partial charge in [0, 0.05) is 15.7 Å². The summed E-state index contributed by atoms with van der Waals surface area (Å²) in [5.41, 5.74) is 0.747. The van der Waals surface area contributed by atoms with Gasteiger partial charge in [-0.1, -0.05) is 12.2 Å². The standard InChI is InChI=1S/C14H16INO/c15-13-8-6-12(7-9-13)14(17)16-10-11-4-2-1-3-5-11/h1-2,6-9,11H,3-5,10H2,(H,16,17). The molecule has 1 unspecified atom stereocenters. The van der Waals surface area contributed by atoms with Gasteiger partial charge in [-0.25, -0.2) is 0 Å². The molecule has 0 radical (unpaired) electrons. The van der Waals surface area contributed by atoms with Crippen molar-refractivity contribution < 1.29 is 4.79 Å². The van der Waals surface area contributed by atoms with Crippen molar-refractivity contribution in [3.63, 3.8) is 0 Å². The fraction of sp³-hybridized carbons (Fsp3) is 0.357. The Hall–Kier alpha value is -0.840. The van der Waals surface area contributed by atoms with Crippen LogP contribution in [0.5, 0.6) is 0 Å². The number of benzene rings is 1. The van der Waals surface area contributed by atoms with Crippen LogP contribution in [0, 0.1) is 9.49 Å². The minimum absolute atomic E-state index is 0.0379. The Morgan fingerprint density at radius 1 is 1.29 bits per heavy atom. The third-order valence-corrected chi connectivity index (χ3v) is 3.75. The van der Waals surface area contributed by atoms with E-state index in [1.54, 1.807) is 0 Å². The number of carbonyl (C=O) groups excluding carboxylic acids is 1. The van der Waals surface area contributed by atoms with E-state index in [0.29, 0.717) is 5.92 Å². The molecule has 0 aromatic heterocycles. The summed E-state index contributed by atoms with van der Waals surface area (Å²) in [7, 11) is 0. The number of halogens is 1. The molecule has 0 spiro atoms. The molecule has 0 fully saturated rings. The zero-order valence-electron chi connectivity index (χ0n) is 9.66. The molecule has 2 rings (SSSR count). The number of rotatable bonds is 3. The van der Waals surface area contributed by atoms with Crippen LogP contribution in [0.4, 0.5) is 0 Å².